The molecule has 0 radical (unpaired) electrons. The van der Waals surface area contributed by atoms with E-state index in [2.05, 4.69) is 31.9 Å². The molecule has 0 amide bonds. The van der Waals surface area contributed by atoms with Crippen molar-refractivity contribution in [3.05, 3.63) is 92.1 Å². The van der Waals surface area contributed by atoms with Gasteiger partial charge in [-0.1, -0.05) is 47.9 Å². The number of hydrogen-bond acceptors (Lipinski definition) is 5. The molecule has 2 aromatic heterocycles. The summed E-state index contributed by atoms with van der Waals surface area (Å²) in [5, 5.41) is 6.14. The van der Waals surface area contributed by atoms with Crippen molar-refractivity contribution >= 4 is 55.6 Å². The highest BCUT2D eigenvalue weighted by Gasteiger charge is 2.16. The topological polar surface area (TPSA) is 69.6 Å². The zero-order valence-corrected chi connectivity index (χ0v) is 19.9. The maximum Gasteiger partial charge on any atom is 0.282 e. The Balaban J connectivity index is 1.65. The number of ether oxygens (including phenoxy) is 1. The van der Waals surface area contributed by atoms with E-state index >= 15 is 0 Å². The summed E-state index contributed by atoms with van der Waals surface area (Å²) < 4.78 is 13.3. The predicted octanol–water partition coefficient (Wildman–Crippen LogP) is 6.12. The van der Waals surface area contributed by atoms with Gasteiger partial charge in [-0.15, -0.1) is 6.42 Å². The Kier molecular flexibility index (Phi) is 5.93. The second kappa shape index (κ2) is 9.18. The number of benzene rings is 3. The fourth-order valence-corrected chi connectivity index (χ4v) is 4.50. The summed E-state index contributed by atoms with van der Waals surface area (Å²) in [6.07, 6.45) is 6.78. The van der Waals surface area contributed by atoms with Crippen LogP contribution < -0.4 is 10.3 Å². The van der Waals surface area contributed by atoms with E-state index in [1.807, 2.05) is 36.4 Å². The first-order valence-electron chi connectivity index (χ1n) is 10.2. The molecule has 0 atom stereocenters. The third kappa shape index (κ3) is 4.10. The number of para-hydroxylation sites is 2. The Hall–Kier alpha value is -3.86. The van der Waals surface area contributed by atoms with Crippen LogP contribution >= 0.6 is 27.5 Å². The Labute approximate surface area is 207 Å². The molecule has 8 heteroatoms. The third-order valence-electron chi connectivity index (χ3n) is 5.04. The predicted molar refractivity (Wildman–Crippen MR) is 138 cm³/mol. The maximum atomic E-state index is 13.4. The molecule has 0 unspecified atom stereocenters. The molecule has 2 heterocycles. The van der Waals surface area contributed by atoms with Gasteiger partial charge in [-0.3, -0.25) is 4.79 Å². The van der Waals surface area contributed by atoms with Crippen molar-refractivity contribution in [2.24, 2.45) is 5.10 Å². The summed E-state index contributed by atoms with van der Waals surface area (Å²) in [5.41, 5.74) is 1.56. The summed E-state index contributed by atoms with van der Waals surface area (Å²) in [7, 11) is 0. The van der Waals surface area contributed by atoms with Crippen LogP contribution in [0.2, 0.25) is 5.02 Å². The number of nitrogens with zero attached hydrogens (tertiary/aromatic N) is 3. The summed E-state index contributed by atoms with van der Waals surface area (Å²) in [4.78, 5) is 18.0. The Morgan fingerprint density at radius 2 is 1.97 bits per heavy atom. The minimum absolute atomic E-state index is 0.0881. The first-order chi connectivity index (χ1) is 16.5. The molecule has 0 saturated carbocycles. The normalized spacial score (nSPS) is 11.3. The van der Waals surface area contributed by atoms with E-state index in [0.717, 1.165) is 5.39 Å². The van der Waals surface area contributed by atoms with Gasteiger partial charge in [0.25, 0.3) is 5.56 Å². The number of terminal acetylenes is 1. The standard InChI is InChI=1S/C26H15BrClN3O3/c1-2-11-33-24-19(27)12-16(13-20(24)28)15-29-31-25(23-14-17-7-3-6-10-22(17)34-23)30-21-9-5-4-8-18(21)26(31)32/h1,3-10,12-15H,11H2. The van der Waals surface area contributed by atoms with E-state index in [9.17, 15) is 4.79 Å². The molecule has 0 fully saturated rings. The SMILES string of the molecule is C#CCOc1c(Cl)cc(C=Nn2c(-c3cc4ccccc4o3)nc3ccccc3c2=O)cc1Br. The van der Waals surface area contributed by atoms with E-state index < -0.39 is 0 Å². The number of rotatable bonds is 5. The molecule has 0 aliphatic carbocycles. The molecule has 0 aliphatic heterocycles. The molecular formula is C26H15BrClN3O3. The molecule has 5 aromatic rings. The largest absolute Gasteiger partial charge is 0.478 e. The molecule has 0 spiro atoms. The second-order valence-electron chi connectivity index (χ2n) is 7.27. The van der Waals surface area contributed by atoms with E-state index in [-0.39, 0.29) is 18.0 Å². The quantitative estimate of drug-likeness (QED) is 0.202. The average molecular weight is 533 g/mol. The molecule has 166 valence electrons. The number of furan rings is 1. The summed E-state index contributed by atoms with van der Waals surface area (Å²) in [6.45, 7) is 0.0881. The van der Waals surface area contributed by atoms with Gasteiger partial charge in [-0.25, -0.2) is 4.98 Å². The second-order valence-corrected chi connectivity index (χ2v) is 8.53. The van der Waals surface area contributed by atoms with Crippen LogP contribution in [-0.4, -0.2) is 22.5 Å². The van der Waals surface area contributed by atoms with Crippen LogP contribution in [0.5, 0.6) is 5.75 Å². The number of aromatic nitrogens is 2. The molecule has 0 saturated heterocycles. The fourth-order valence-electron chi connectivity index (χ4n) is 3.51. The molecule has 5 rings (SSSR count). The Bertz CT molecular complexity index is 1620. The van der Waals surface area contributed by atoms with Gasteiger partial charge >= 0.3 is 0 Å². The van der Waals surface area contributed by atoms with E-state index in [0.29, 0.717) is 43.1 Å². The van der Waals surface area contributed by atoms with Gasteiger partial charge in [0.1, 0.15) is 12.2 Å². The van der Waals surface area contributed by atoms with Gasteiger partial charge in [0, 0.05) is 5.39 Å². The van der Waals surface area contributed by atoms with Crippen molar-refractivity contribution in [3.8, 4) is 29.7 Å². The summed E-state index contributed by atoms with van der Waals surface area (Å²) in [5.74, 6) is 3.55. The lowest BCUT2D eigenvalue weighted by molar-refractivity contribution is 0.368. The number of fused-ring (bicyclic) bond motifs is 2. The van der Waals surface area contributed by atoms with Gasteiger partial charge in [-0.2, -0.15) is 9.78 Å². The summed E-state index contributed by atoms with van der Waals surface area (Å²) in [6, 6.07) is 20.0. The van der Waals surface area contributed by atoms with Crippen LogP contribution in [-0.2, 0) is 0 Å². The van der Waals surface area contributed by atoms with Gasteiger partial charge in [0.15, 0.2) is 11.5 Å². The van der Waals surface area contributed by atoms with Gasteiger partial charge in [-0.05, 0) is 57.9 Å². The first kappa shape index (κ1) is 22.0. The highest BCUT2D eigenvalue weighted by molar-refractivity contribution is 9.10. The lowest BCUT2D eigenvalue weighted by Gasteiger charge is -2.09. The van der Waals surface area contributed by atoms with Crippen molar-refractivity contribution in [1.29, 1.82) is 0 Å². The van der Waals surface area contributed by atoms with E-state index in [1.165, 1.54) is 10.9 Å². The third-order valence-corrected chi connectivity index (χ3v) is 5.91. The lowest BCUT2D eigenvalue weighted by atomic mass is 10.2. The molecule has 0 aliphatic rings. The maximum absolute atomic E-state index is 13.4. The molecule has 34 heavy (non-hydrogen) atoms. The summed E-state index contributed by atoms with van der Waals surface area (Å²) >= 11 is 9.79. The lowest BCUT2D eigenvalue weighted by Crippen LogP contribution is -2.20. The minimum Gasteiger partial charge on any atom is -0.478 e. The van der Waals surface area contributed by atoms with Crippen LogP contribution in [0.15, 0.2) is 85.5 Å². The van der Waals surface area contributed by atoms with Crippen molar-refractivity contribution < 1.29 is 9.15 Å². The Morgan fingerprint density at radius 3 is 2.76 bits per heavy atom. The zero-order chi connectivity index (χ0) is 23.7. The first-order valence-corrected chi connectivity index (χ1v) is 11.3. The molecular weight excluding hydrogens is 518 g/mol. The fraction of sp³-hybridized carbons (Fsp3) is 0.0385. The van der Waals surface area contributed by atoms with E-state index in [1.54, 1.807) is 30.3 Å². The number of halogens is 2. The number of hydrogen-bond donors (Lipinski definition) is 0. The molecule has 3 aromatic carbocycles. The Morgan fingerprint density at radius 1 is 1.18 bits per heavy atom. The average Bonchev–Trinajstić information content (AvgIpc) is 3.27. The monoisotopic (exact) mass is 531 g/mol. The van der Waals surface area contributed by atoms with Crippen molar-refractivity contribution in [3.63, 3.8) is 0 Å². The van der Waals surface area contributed by atoms with Gasteiger partial charge in [0.05, 0.1) is 26.6 Å². The smallest absolute Gasteiger partial charge is 0.282 e. The van der Waals surface area contributed by atoms with Crippen LogP contribution in [0, 0.1) is 12.3 Å². The van der Waals surface area contributed by atoms with Crippen LogP contribution in [0.25, 0.3) is 33.5 Å². The van der Waals surface area contributed by atoms with Gasteiger partial charge < -0.3 is 9.15 Å². The highest BCUT2D eigenvalue weighted by atomic mass is 79.9. The molecule has 0 bridgehead atoms. The molecule has 0 N–H and O–H groups in total. The zero-order valence-electron chi connectivity index (χ0n) is 17.5. The minimum atomic E-state index is -0.323. The van der Waals surface area contributed by atoms with Crippen LogP contribution in [0.1, 0.15) is 5.56 Å². The van der Waals surface area contributed by atoms with Crippen LogP contribution in [0.3, 0.4) is 0 Å². The van der Waals surface area contributed by atoms with Crippen molar-refractivity contribution in [2.75, 3.05) is 6.61 Å². The van der Waals surface area contributed by atoms with Crippen molar-refractivity contribution in [1.82, 2.24) is 9.66 Å². The van der Waals surface area contributed by atoms with Crippen molar-refractivity contribution in [2.45, 2.75) is 0 Å². The highest BCUT2D eigenvalue weighted by Crippen LogP contribution is 2.34. The molecule has 6 nitrogen and oxygen atoms in total. The van der Waals surface area contributed by atoms with Gasteiger partial charge in [0.2, 0.25) is 5.82 Å². The van der Waals surface area contributed by atoms with Crippen LogP contribution in [0.4, 0.5) is 0 Å². The van der Waals surface area contributed by atoms with E-state index in [4.69, 9.17) is 27.2 Å².